The maximum absolute atomic E-state index is 11.1. The zero-order valence-electron chi connectivity index (χ0n) is 16.8. The third-order valence-electron chi connectivity index (χ3n) is 4.59. The van der Waals surface area contributed by atoms with Gasteiger partial charge in [0.25, 0.3) is 0 Å². The van der Waals surface area contributed by atoms with Crippen molar-refractivity contribution in [2.24, 2.45) is 5.41 Å². The van der Waals surface area contributed by atoms with Crippen LogP contribution in [0.5, 0.6) is 6.01 Å². The Kier molecular flexibility index (Phi) is 5.75. The Morgan fingerprint density at radius 2 is 1.84 bits per heavy atom. The van der Waals surface area contributed by atoms with Crippen LogP contribution in [0.4, 0.5) is 10.8 Å². The second-order valence-corrected chi connectivity index (χ2v) is 9.03. The standard InChI is InChI=1S/C22H19ClN4O3S/c1-22(2,19(28)29)12-30-20-24-10-14(11-25-20)13-3-6-16(7-4-13)26-21-27-17-9-15(23)5-8-18(17)31-21/h3-11H,12H2,1-2H3,(H,26,27)(H,28,29). The fourth-order valence-corrected chi connectivity index (χ4v) is 3.70. The Morgan fingerprint density at radius 1 is 1.13 bits per heavy atom. The van der Waals surface area contributed by atoms with Crippen molar-refractivity contribution in [3.8, 4) is 17.1 Å². The lowest BCUT2D eigenvalue weighted by Gasteiger charge is -2.18. The van der Waals surface area contributed by atoms with Crippen molar-refractivity contribution in [1.29, 1.82) is 0 Å². The smallest absolute Gasteiger partial charge is 0.316 e. The number of carboxylic acid groups (broad SMARTS) is 1. The number of nitrogens with zero attached hydrogens (tertiary/aromatic N) is 3. The molecule has 31 heavy (non-hydrogen) atoms. The summed E-state index contributed by atoms with van der Waals surface area (Å²) in [5, 5.41) is 13.9. The Bertz CT molecular complexity index is 1220. The van der Waals surface area contributed by atoms with Crippen LogP contribution in [0.2, 0.25) is 5.02 Å². The number of rotatable bonds is 7. The molecule has 7 nitrogen and oxygen atoms in total. The molecule has 0 atom stereocenters. The molecule has 0 aliphatic heterocycles. The summed E-state index contributed by atoms with van der Waals surface area (Å²) < 4.78 is 6.48. The number of carboxylic acids is 1. The van der Waals surface area contributed by atoms with E-state index in [4.69, 9.17) is 21.4 Å². The Labute approximate surface area is 187 Å². The fraction of sp³-hybridized carbons (Fsp3) is 0.182. The van der Waals surface area contributed by atoms with Crippen LogP contribution in [0.3, 0.4) is 0 Å². The number of fused-ring (bicyclic) bond motifs is 1. The third-order valence-corrected chi connectivity index (χ3v) is 5.78. The zero-order valence-corrected chi connectivity index (χ0v) is 18.4. The first-order valence-corrected chi connectivity index (χ1v) is 10.6. The van der Waals surface area contributed by atoms with Crippen molar-refractivity contribution in [3.05, 3.63) is 59.9 Å². The van der Waals surface area contributed by atoms with Gasteiger partial charge >= 0.3 is 12.0 Å². The summed E-state index contributed by atoms with van der Waals surface area (Å²) in [6.07, 6.45) is 3.30. The number of anilines is 2. The van der Waals surface area contributed by atoms with Crippen molar-refractivity contribution in [2.75, 3.05) is 11.9 Å². The molecular weight excluding hydrogens is 436 g/mol. The molecule has 2 N–H and O–H groups in total. The molecule has 9 heteroatoms. The van der Waals surface area contributed by atoms with E-state index in [0.29, 0.717) is 5.02 Å². The first-order valence-electron chi connectivity index (χ1n) is 9.42. The summed E-state index contributed by atoms with van der Waals surface area (Å²) in [4.78, 5) is 24.1. The number of halogens is 1. The number of nitrogens with one attached hydrogen (secondary N) is 1. The summed E-state index contributed by atoms with van der Waals surface area (Å²) in [6, 6.07) is 13.6. The third kappa shape index (κ3) is 4.92. The molecular formula is C22H19ClN4O3S. The fourth-order valence-electron chi connectivity index (χ4n) is 2.67. The summed E-state index contributed by atoms with van der Waals surface area (Å²) in [7, 11) is 0. The predicted octanol–water partition coefficient (Wildman–Crippen LogP) is 5.64. The SMILES string of the molecule is CC(C)(COc1ncc(-c2ccc(Nc3nc4cc(Cl)ccc4s3)cc2)cn1)C(=O)O. The number of aromatic nitrogens is 3. The average Bonchev–Trinajstić information content (AvgIpc) is 3.14. The van der Waals surface area contributed by atoms with Crippen LogP contribution in [0.15, 0.2) is 54.9 Å². The molecule has 0 aliphatic carbocycles. The van der Waals surface area contributed by atoms with Gasteiger partial charge in [-0.05, 0) is 49.7 Å². The normalized spacial score (nSPS) is 11.5. The van der Waals surface area contributed by atoms with E-state index in [-0.39, 0.29) is 12.6 Å². The highest BCUT2D eigenvalue weighted by Crippen LogP contribution is 2.30. The molecule has 4 rings (SSSR count). The minimum Gasteiger partial charge on any atom is -0.481 e. The number of carbonyl (C=O) groups is 1. The van der Waals surface area contributed by atoms with Crippen LogP contribution in [0.25, 0.3) is 21.3 Å². The van der Waals surface area contributed by atoms with Crippen molar-refractivity contribution in [3.63, 3.8) is 0 Å². The van der Waals surface area contributed by atoms with Gasteiger partial charge in [-0.3, -0.25) is 4.79 Å². The highest BCUT2D eigenvalue weighted by Gasteiger charge is 2.28. The summed E-state index contributed by atoms with van der Waals surface area (Å²) in [6.45, 7) is 3.16. The van der Waals surface area contributed by atoms with E-state index in [1.54, 1.807) is 37.6 Å². The van der Waals surface area contributed by atoms with Crippen LogP contribution in [0, 0.1) is 5.41 Å². The van der Waals surface area contributed by atoms with E-state index < -0.39 is 11.4 Å². The zero-order chi connectivity index (χ0) is 22.0. The Hall–Kier alpha value is -3.23. The lowest BCUT2D eigenvalue weighted by atomic mass is 9.95. The maximum Gasteiger partial charge on any atom is 0.316 e. The minimum absolute atomic E-state index is 0.0139. The Morgan fingerprint density at radius 3 is 2.52 bits per heavy atom. The maximum atomic E-state index is 11.1. The van der Waals surface area contributed by atoms with Gasteiger partial charge in [0.05, 0.1) is 15.6 Å². The lowest BCUT2D eigenvalue weighted by Crippen LogP contribution is -2.31. The lowest BCUT2D eigenvalue weighted by molar-refractivity contribution is -0.148. The van der Waals surface area contributed by atoms with Gasteiger partial charge in [0, 0.05) is 28.7 Å². The van der Waals surface area contributed by atoms with Gasteiger partial charge in [-0.2, -0.15) is 0 Å². The number of benzene rings is 2. The van der Waals surface area contributed by atoms with E-state index in [1.807, 2.05) is 42.5 Å². The van der Waals surface area contributed by atoms with E-state index >= 15 is 0 Å². The number of ether oxygens (including phenoxy) is 1. The second kappa shape index (κ2) is 8.49. The van der Waals surface area contributed by atoms with Crippen LogP contribution in [0.1, 0.15) is 13.8 Å². The van der Waals surface area contributed by atoms with Gasteiger partial charge in [-0.25, -0.2) is 15.0 Å². The average molecular weight is 455 g/mol. The van der Waals surface area contributed by atoms with E-state index in [2.05, 4.69) is 20.3 Å². The van der Waals surface area contributed by atoms with Crippen LogP contribution in [-0.4, -0.2) is 32.6 Å². The first-order chi connectivity index (χ1) is 14.8. The molecule has 158 valence electrons. The molecule has 2 heterocycles. The highest BCUT2D eigenvalue weighted by molar-refractivity contribution is 7.22. The Balaban J connectivity index is 1.42. The number of thiazole rings is 1. The molecule has 0 aliphatic rings. The molecule has 0 bridgehead atoms. The van der Waals surface area contributed by atoms with Crippen molar-refractivity contribution >= 4 is 49.9 Å². The largest absolute Gasteiger partial charge is 0.481 e. The van der Waals surface area contributed by atoms with Gasteiger partial charge in [0.2, 0.25) is 0 Å². The predicted molar refractivity (Wildman–Crippen MR) is 122 cm³/mol. The second-order valence-electron chi connectivity index (χ2n) is 7.57. The molecule has 0 fully saturated rings. The molecule has 0 unspecified atom stereocenters. The number of aliphatic carboxylic acids is 1. The molecule has 0 saturated carbocycles. The van der Waals surface area contributed by atoms with E-state index in [0.717, 1.165) is 32.2 Å². The van der Waals surface area contributed by atoms with Crippen molar-refractivity contribution in [1.82, 2.24) is 15.0 Å². The topological polar surface area (TPSA) is 97.2 Å². The first kappa shape index (κ1) is 21.0. The summed E-state index contributed by atoms with van der Waals surface area (Å²) in [5.74, 6) is -0.938. The molecule has 0 spiro atoms. The number of hydrogen-bond donors (Lipinski definition) is 2. The van der Waals surface area contributed by atoms with Crippen molar-refractivity contribution < 1.29 is 14.6 Å². The van der Waals surface area contributed by atoms with Crippen molar-refractivity contribution in [2.45, 2.75) is 13.8 Å². The summed E-state index contributed by atoms with van der Waals surface area (Å²) in [5.41, 5.74) is 2.53. The van der Waals surface area contributed by atoms with Gasteiger partial charge in [0.1, 0.15) is 6.61 Å². The van der Waals surface area contributed by atoms with Gasteiger partial charge in [0.15, 0.2) is 5.13 Å². The van der Waals surface area contributed by atoms with Gasteiger partial charge < -0.3 is 15.2 Å². The molecule has 0 saturated heterocycles. The molecule has 0 radical (unpaired) electrons. The minimum atomic E-state index is -1.01. The summed E-state index contributed by atoms with van der Waals surface area (Å²) >= 11 is 7.59. The van der Waals surface area contributed by atoms with E-state index in [1.165, 1.54) is 0 Å². The monoisotopic (exact) mass is 454 g/mol. The van der Waals surface area contributed by atoms with Gasteiger partial charge in [-0.1, -0.05) is 35.1 Å². The van der Waals surface area contributed by atoms with Crippen LogP contribution >= 0.6 is 22.9 Å². The van der Waals surface area contributed by atoms with Crippen LogP contribution in [-0.2, 0) is 4.79 Å². The van der Waals surface area contributed by atoms with Crippen LogP contribution < -0.4 is 10.1 Å². The quantitative estimate of drug-likeness (QED) is 0.373. The number of hydrogen-bond acceptors (Lipinski definition) is 7. The highest BCUT2D eigenvalue weighted by atomic mass is 35.5. The molecule has 4 aromatic rings. The molecule has 2 aromatic heterocycles. The molecule has 2 aromatic carbocycles. The van der Waals surface area contributed by atoms with E-state index in [9.17, 15) is 4.79 Å². The van der Waals surface area contributed by atoms with Gasteiger partial charge in [-0.15, -0.1) is 0 Å². The molecule has 0 amide bonds.